The highest BCUT2D eigenvalue weighted by molar-refractivity contribution is 14.1. The van der Waals surface area contributed by atoms with Crippen molar-refractivity contribution in [1.29, 1.82) is 0 Å². The number of benzene rings is 1. The van der Waals surface area contributed by atoms with Gasteiger partial charge in [-0.3, -0.25) is 14.4 Å². The molecule has 1 aromatic rings. The Morgan fingerprint density at radius 2 is 2.00 bits per heavy atom. The zero-order chi connectivity index (χ0) is 19.4. The molecular weight excluding hydrogens is 487 g/mol. The molecule has 2 aliphatic rings. The molecule has 2 unspecified atom stereocenters. The van der Waals surface area contributed by atoms with E-state index < -0.39 is 35.2 Å². The number of carbonyl (C=O) groups excluding carboxylic acids is 4. The first kappa shape index (κ1) is 19.9. The third kappa shape index (κ3) is 4.37. The van der Waals surface area contributed by atoms with Crippen molar-refractivity contribution in [2.75, 3.05) is 23.4 Å². The van der Waals surface area contributed by atoms with Gasteiger partial charge in [0.25, 0.3) is 5.91 Å². The number of thioether (sulfide) groups is 1. The second-order valence-corrected chi connectivity index (χ2v) is 8.00. The van der Waals surface area contributed by atoms with Crippen LogP contribution in [0.4, 0.5) is 0 Å². The molecule has 144 valence electrons. The van der Waals surface area contributed by atoms with E-state index in [1.54, 1.807) is 24.3 Å². The highest BCUT2D eigenvalue weighted by Crippen LogP contribution is 2.37. The van der Waals surface area contributed by atoms with Crippen LogP contribution in [0.1, 0.15) is 0 Å². The van der Waals surface area contributed by atoms with Gasteiger partial charge in [-0.25, -0.2) is 4.79 Å². The van der Waals surface area contributed by atoms with Crippen molar-refractivity contribution in [2.45, 2.75) is 17.5 Å². The maximum Gasteiger partial charge on any atom is 0.336 e. The van der Waals surface area contributed by atoms with Crippen LogP contribution in [0.3, 0.4) is 0 Å². The second-order valence-electron chi connectivity index (χ2n) is 5.82. The Morgan fingerprint density at radius 3 is 2.70 bits per heavy atom. The summed E-state index contributed by atoms with van der Waals surface area (Å²) in [5.74, 6) is -1.35. The normalized spacial score (nSPS) is 23.9. The van der Waals surface area contributed by atoms with Gasteiger partial charge in [0.1, 0.15) is 23.8 Å². The quantitative estimate of drug-likeness (QED) is 0.188. The number of alkyl halides is 1. The van der Waals surface area contributed by atoms with Crippen LogP contribution in [-0.4, -0.2) is 69.3 Å². The molecule has 2 saturated heterocycles. The van der Waals surface area contributed by atoms with Crippen molar-refractivity contribution < 1.29 is 28.7 Å². The fraction of sp³-hybridized carbons (Fsp3) is 0.412. The highest BCUT2D eigenvalue weighted by atomic mass is 127. The maximum absolute atomic E-state index is 12.4. The van der Waals surface area contributed by atoms with Crippen LogP contribution >= 0.6 is 34.4 Å². The van der Waals surface area contributed by atoms with Gasteiger partial charge in [-0.2, -0.15) is 0 Å². The summed E-state index contributed by atoms with van der Waals surface area (Å²) in [6.07, 6.45) is 0. The van der Waals surface area contributed by atoms with Gasteiger partial charge < -0.3 is 19.7 Å². The summed E-state index contributed by atoms with van der Waals surface area (Å²) in [6.45, 7) is -0.0504. The number of ketones is 1. The number of fused-ring (bicyclic) bond motifs is 1. The van der Waals surface area contributed by atoms with E-state index in [1.165, 1.54) is 16.7 Å². The second kappa shape index (κ2) is 8.91. The lowest BCUT2D eigenvalue weighted by Crippen LogP contribution is -2.76. The Hall–Kier alpha value is -1.82. The topological polar surface area (TPSA) is 102 Å². The molecular formula is C17H17IN2O6S. The Balaban J connectivity index is 1.57. The number of carbonyl (C=O) groups is 4. The zero-order valence-corrected chi connectivity index (χ0v) is 17.1. The molecule has 1 N–H and O–H groups in total. The molecule has 0 aromatic heterocycles. The summed E-state index contributed by atoms with van der Waals surface area (Å²) >= 11 is 3.27. The number of para-hydroxylation sites is 1. The van der Waals surface area contributed by atoms with Gasteiger partial charge in [-0.15, -0.1) is 11.8 Å². The zero-order valence-electron chi connectivity index (χ0n) is 14.1. The number of nitrogens with one attached hydrogen (secondary N) is 1. The molecule has 0 radical (unpaired) electrons. The standard InChI is InChI=1S/C17H17IN2O6S/c18-6-7-25-17(24)14-11(21)9-27-16-13(15(23)20(14)16)19-12(22)8-26-10-4-2-1-3-5-10/h1-5,13-14,16H,6-9H2,(H,19,22)/t13?,14?,16-/m0/s1. The van der Waals surface area contributed by atoms with Crippen LogP contribution in [-0.2, 0) is 23.9 Å². The smallest absolute Gasteiger partial charge is 0.336 e. The largest absolute Gasteiger partial charge is 0.484 e. The van der Waals surface area contributed by atoms with Crippen molar-refractivity contribution in [2.24, 2.45) is 0 Å². The van der Waals surface area contributed by atoms with E-state index in [1.807, 2.05) is 28.7 Å². The molecule has 2 heterocycles. The van der Waals surface area contributed by atoms with Gasteiger partial charge in [-0.05, 0) is 12.1 Å². The lowest BCUT2D eigenvalue weighted by molar-refractivity contribution is -0.167. The number of nitrogens with zero attached hydrogens (tertiary/aromatic N) is 1. The summed E-state index contributed by atoms with van der Waals surface area (Å²) in [7, 11) is 0. The Bertz CT molecular complexity index is 746. The van der Waals surface area contributed by atoms with Crippen molar-refractivity contribution in [3.05, 3.63) is 30.3 Å². The van der Waals surface area contributed by atoms with Gasteiger partial charge in [0.05, 0.1) is 5.75 Å². The highest BCUT2D eigenvalue weighted by Gasteiger charge is 2.58. The lowest BCUT2D eigenvalue weighted by Gasteiger charge is -2.51. The van der Waals surface area contributed by atoms with Gasteiger partial charge in [0.2, 0.25) is 5.91 Å². The first-order valence-electron chi connectivity index (χ1n) is 8.19. The number of hydrogen-bond donors (Lipinski definition) is 1. The maximum atomic E-state index is 12.4. The van der Waals surface area contributed by atoms with Gasteiger partial charge in [0.15, 0.2) is 18.4 Å². The molecule has 0 aliphatic carbocycles. The van der Waals surface area contributed by atoms with Crippen LogP contribution in [0.5, 0.6) is 5.75 Å². The number of hydrogen-bond acceptors (Lipinski definition) is 7. The molecule has 0 saturated carbocycles. The number of esters is 1. The number of amides is 2. The van der Waals surface area contributed by atoms with Crippen LogP contribution in [0.2, 0.25) is 0 Å². The molecule has 0 bridgehead atoms. The molecule has 27 heavy (non-hydrogen) atoms. The summed E-state index contributed by atoms with van der Waals surface area (Å²) in [5, 5.41) is 2.15. The van der Waals surface area contributed by atoms with Crippen LogP contribution in [0, 0.1) is 0 Å². The molecule has 3 atom stereocenters. The van der Waals surface area contributed by atoms with Crippen molar-refractivity contribution >= 4 is 57.9 Å². The fourth-order valence-corrected chi connectivity index (χ4v) is 4.29. The van der Waals surface area contributed by atoms with Crippen molar-refractivity contribution in [3.8, 4) is 5.75 Å². The minimum Gasteiger partial charge on any atom is -0.484 e. The predicted molar refractivity (Wildman–Crippen MR) is 106 cm³/mol. The van der Waals surface area contributed by atoms with E-state index in [2.05, 4.69) is 5.32 Å². The van der Waals surface area contributed by atoms with E-state index in [0.29, 0.717) is 10.2 Å². The predicted octanol–water partition coefficient (Wildman–Crippen LogP) is 0.381. The number of Topliss-reactive ketones (excluding diaryl/α,β-unsaturated/α-hetero) is 1. The average Bonchev–Trinajstić information content (AvgIpc) is 2.69. The molecule has 10 heteroatoms. The monoisotopic (exact) mass is 504 g/mol. The first-order valence-corrected chi connectivity index (χ1v) is 10.8. The van der Waals surface area contributed by atoms with E-state index >= 15 is 0 Å². The minimum absolute atomic E-state index is 0.0886. The molecule has 0 spiro atoms. The minimum atomic E-state index is -1.22. The molecule has 1 aromatic carbocycles. The van der Waals surface area contributed by atoms with E-state index in [-0.39, 0.29) is 24.7 Å². The fourth-order valence-electron chi connectivity index (χ4n) is 2.82. The Morgan fingerprint density at radius 1 is 1.26 bits per heavy atom. The SMILES string of the molecule is O=C(COc1ccccc1)NC1C(=O)N2C(C(=O)OCCI)C(=O)CS[C@@H]12. The van der Waals surface area contributed by atoms with Gasteiger partial charge in [-0.1, -0.05) is 40.8 Å². The van der Waals surface area contributed by atoms with E-state index in [0.717, 1.165) is 0 Å². The summed E-state index contributed by atoms with van der Waals surface area (Å²) in [6, 6.07) is 6.84. The summed E-state index contributed by atoms with van der Waals surface area (Å²) in [5.41, 5.74) is 0. The van der Waals surface area contributed by atoms with Gasteiger partial charge >= 0.3 is 5.97 Å². The summed E-state index contributed by atoms with van der Waals surface area (Å²) in [4.78, 5) is 50.0. The number of ether oxygens (including phenoxy) is 2. The number of rotatable bonds is 7. The number of β-lactam (4-membered cyclic amide) rings is 1. The van der Waals surface area contributed by atoms with Crippen molar-refractivity contribution in [3.63, 3.8) is 0 Å². The van der Waals surface area contributed by atoms with E-state index in [9.17, 15) is 19.2 Å². The molecule has 2 amide bonds. The third-order valence-corrected chi connectivity index (χ3v) is 5.77. The van der Waals surface area contributed by atoms with E-state index in [4.69, 9.17) is 9.47 Å². The Labute approximate surface area is 173 Å². The average molecular weight is 504 g/mol. The lowest BCUT2D eigenvalue weighted by atomic mass is 10.0. The third-order valence-electron chi connectivity index (χ3n) is 4.03. The van der Waals surface area contributed by atoms with Gasteiger partial charge in [0, 0.05) is 4.43 Å². The molecule has 2 fully saturated rings. The molecule has 8 nitrogen and oxygen atoms in total. The summed E-state index contributed by atoms with van der Waals surface area (Å²) < 4.78 is 11.0. The number of halogens is 1. The van der Waals surface area contributed by atoms with Crippen LogP contribution in [0.25, 0.3) is 0 Å². The molecule has 2 aliphatic heterocycles. The Kier molecular flexibility index (Phi) is 6.58. The van der Waals surface area contributed by atoms with Crippen LogP contribution in [0.15, 0.2) is 30.3 Å². The van der Waals surface area contributed by atoms with Crippen LogP contribution < -0.4 is 10.1 Å². The van der Waals surface area contributed by atoms with Crippen molar-refractivity contribution in [1.82, 2.24) is 10.2 Å². The molecule has 3 rings (SSSR count). The first-order chi connectivity index (χ1) is 13.0.